The topological polar surface area (TPSA) is 124 Å². The van der Waals surface area contributed by atoms with Crippen LogP contribution < -0.4 is 5.56 Å². The van der Waals surface area contributed by atoms with E-state index in [-0.39, 0.29) is 40.0 Å². The summed E-state index contributed by atoms with van der Waals surface area (Å²) in [5.41, 5.74) is -0.692. The lowest BCUT2D eigenvalue weighted by Crippen LogP contribution is -2.20. The van der Waals surface area contributed by atoms with Gasteiger partial charge in [-0.1, -0.05) is 54.6 Å². The van der Waals surface area contributed by atoms with Crippen molar-refractivity contribution in [3.63, 3.8) is 0 Å². The number of nitrogens with zero attached hydrogens (tertiary/aromatic N) is 3. The average Bonchev–Trinajstić information content (AvgIpc) is 2.96. The molecule has 4 aromatic carbocycles. The molecule has 0 saturated carbocycles. The molecule has 11 heteroatoms. The zero-order valence-corrected chi connectivity index (χ0v) is 21.0. The molecule has 0 atom stereocenters. The Labute approximate surface area is 229 Å². The second-order valence-corrected chi connectivity index (χ2v) is 9.06. The molecule has 41 heavy (non-hydrogen) atoms. The number of carbonyl (C=O) groups is 1. The third kappa shape index (κ3) is 5.37. The maximum absolute atomic E-state index is 13.5. The van der Waals surface area contributed by atoms with Gasteiger partial charge in [0.25, 0.3) is 5.56 Å². The largest absolute Gasteiger partial charge is 0.505 e. The van der Waals surface area contributed by atoms with E-state index in [0.717, 1.165) is 16.7 Å². The Hall–Kier alpha value is -5.45. The predicted octanol–water partition coefficient (Wildman–Crippen LogP) is 7.26. The van der Waals surface area contributed by atoms with Gasteiger partial charge >= 0.3 is 12.1 Å². The lowest BCUT2D eigenvalue weighted by atomic mass is 10.0. The number of fused-ring (bicyclic) bond motifs is 1. The van der Waals surface area contributed by atoms with Crippen LogP contribution in [0.25, 0.3) is 21.9 Å². The average molecular weight is 560 g/mol. The number of aromatic carboxylic acids is 1. The van der Waals surface area contributed by atoms with Crippen LogP contribution in [0.1, 0.15) is 21.5 Å². The number of benzene rings is 4. The highest BCUT2D eigenvalue weighted by atomic mass is 19.4. The minimum absolute atomic E-state index is 0.00549. The van der Waals surface area contributed by atoms with Crippen LogP contribution in [0.4, 0.5) is 24.5 Å². The van der Waals surface area contributed by atoms with E-state index < -0.39 is 29.1 Å². The van der Waals surface area contributed by atoms with Crippen LogP contribution in [0.2, 0.25) is 0 Å². The fraction of sp³-hybridized carbons (Fsp3) is 0.0667. The number of hydrogen-bond acceptors (Lipinski definition) is 6. The van der Waals surface area contributed by atoms with Crippen LogP contribution in [-0.4, -0.2) is 25.9 Å². The zero-order chi connectivity index (χ0) is 29.3. The van der Waals surface area contributed by atoms with Crippen molar-refractivity contribution in [3.8, 4) is 22.8 Å². The van der Waals surface area contributed by atoms with Gasteiger partial charge in [0.05, 0.1) is 17.7 Å². The van der Waals surface area contributed by atoms with Crippen LogP contribution >= 0.6 is 0 Å². The van der Waals surface area contributed by atoms with E-state index in [0.29, 0.717) is 16.7 Å². The van der Waals surface area contributed by atoms with Gasteiger partial charge in [0.1, 0.15) is 5.69 Å². The number of phenols is 1. The fourth-order valence-corrected chi connectivity index (χ4v) is 4.36. The molecule has 0 unspecified atom stereocenters. The molecule has 8 nitrogen and oxygen atoms in total. The number of para-hydroxylation sites is 1. The van der Waals surface area contributed by atoms with Crippen molar-refractivity contribution in [1.82, 2.24) is 4.57 Å². The minimum atomic E-state index is -4.52. The predicted molar refractivity (Wildman–Crippen MR) is 145 cm³/mol. The zero-order valence-electron chi connectivity index (χ0n) is 21.0. The van der Waals surface area contributed by atoms with Crippen LogP contribution in [-0.2, 0) is 12.7 Å². The molecule has 206 valence electrons. The van der Waals surface area contributed by atoms with Crippen molar-refractivity contribution >= 4 is 28.1 Å². The second-order valence-electron chi connectivity index (χ2n) is 9.06. The molecule has 0 saturated heterocycles. The first-order chi connectivity index (χ1) is 19.5. The molecule has 0 amide bonds. The molecule has 1 heterocycles. The monoisotopic (exact) mass is 559 g/mol. The molecule has 0 fully saturated rings. The molecule has 0 spiro atoms. The van der Waals surface area contributed by atoms with Gasteiger partial charge in [0, 0.05) is 16.3 Å². The van der Waals surface area contributed by atoms with Gasteiger partial charge in [0.15, 0.2) is 11.4 Å². The molecular formula is C30H20F3N3O5. The van der Waals surface area contributed by atoms with Crippen molar-refractivity contribution in [2.75, 3.05) is 0 Å². The van der Waals surface area contributed by atoms with Gasteiger partial charge in [-0.15, -0.1) is 10.2 Å². The summed E-state index contributed by atoms with van der Waals surface area (Å²) in [7, 11) is 0. The van der Waals surface area contributed by atoms with Gasteiger partial charge in [-0.3, -0.25) is 9.36 Å². The van der Waals surface area contributed by atoms with Crippen LogP contribution in [0, 0.1) is 0 Å². The number of carboxylic acid groups (broad SMARTS) is 1. The first-order valence-corrected chi connectivity index (χ1v) is 12.1. The third-order valence-electron chi connectivity index (χ3n) is 6.44. The van der Waals surface area contributed by atoms with Crippen LogP contribution in [0.15, 0.2) is 106 Å². The van der Waals surface area contributed by atoms with Crippen molar-refractivity contribution < 1.29 is 33.3 Å². The first kappa shape index (κ1) is 27.1. The lowest BCUT2D eigenvalue weighted by Gasteiger charge is -2.14. The number of halogens is 3. The number of phenolic OH excluding ortho intramolecular Hbond substituents is 1. The Balaban J connectivity index is 1.57. The Kier molecular flexibility index (Phi) is 7.02. The normalized spacial score (nSPS) is 11.8. The smallest absolute Gasteiger partial charge is 0.416 e. The molecule has 3 N–H and O–H groups in total. The summed E-state index contributed by atoms with van der Waals surface area (Å²) in [6.45, 7) is -0.239. The number of pyridine rings is 1. The fourth-order valence-electron chi connectivity index (χ4n) is 4.36. The summed E-state index contributed by atoms with van der Waals surface area (Å²) in [6.07, 6.45) is -4.52. The van der Waals surface area contributed by atoms with Crippen LogP contribution in [0.5, 0.6) is 11.6 Å². The number of azo groups is 1. The second kappa shape index (κ2) is 10.6. The summed E-state index contributed by atoms with van der Waals surface area (Å²) in [5, 5.41) is 39.8. The van der Waals surface area contributed by atoms with Gasteiger partial charge < -0.3 is 15.3 Å². The van der Waals surface area contributed by atoms with Crippen molar-refractivity contribution in [2.45, 2.75) is 12.7 Å². The Morgan fingerprint density at radius 3 is 2.20 bits per heavy atom. The van der Waals surface area contributed by atoms with E-state index in [2.05, 4.69) is 10.2 Å². The molecule has 0 radical (unpaired) electrons. The minimum Gasteiger partial charge on any atom is -0.505 e. The molecule has 5 rings (SSSR count). The van der Waals surface area contributed by atoms with E-state index in [4.69, 9.17) is 0 Å². The van der Waals surface area contributed by atoms with Gasteiger partial charge in [-0.05, 0) is 47.5 Å². The van der Waals surface area contributed by atoms with Gasteiger partial charge in [0.2, 0.25) is 5.88 Å². The maximum atomic E-state index is 13.5. The van der Waals surface area contributed by atoms with E-state index in [1.165, 1.54) is 36.4 Å². The number of aromatic hydroxyl groups is 2. The first-order valence-electron chi connectivity index (χ1n) is 12.1. The standard InChI is InChI=1S/C30H20F3N3O5/c31-30(32,33)20-13-11-17(12-14-20)16-36-27(38)23-8-2-1-7-22(23)25(28(36)39)35-34-24-10-4-9-21(26(24)37)18-5-3-6-19(15-18)29(40)41/h1-15,37-38H,16H2,(H,40,41). The highest BCUT2D eigenvalue weighted by Gasteiger charge is 2.30. The van der Waals surface area contributed by atoms with Crippen molar-refractivity contribution in [2.24, 2.45) is 10.2 Å². The Morgan fingerprint density at radius 2 is 1.51 bits per heavy atom. The SMILES string of the molecule is O=C(O)c1cccc(-c2cccc(N=Nc3c(=O)n(Cc4ccc(C(F)(F)F)cc4)c(O)c4ccccc34)c2O)c1. The molecule has 0 aliphatic carbocycles. The van der Waals surface area contributed by atoms with Gasteiger partial charge in [-0.2, -0.15) is 13.2 Å². The number of hydrogen-bond donors (Lipinski definition) is 3. The summed E-state index contributed by atoms with van der Waals surface area (Å²) in [6, 6.07) is 21.2. The number of aromatic nitrogens is 1. The van der Waals surface area contributed by atoms with Crippen LogP contribution in [0.3, 0.4) is 0 Å². The molecule has 5 aromatic rings. The third-order valence-corrected chi connectivity index (χ3v) is 6.44. The highest BCUT2D eigenvalue weighted by Crippen LogP contribution is 2.39. The Morgan fingerprint density at radius 1 is 0.829 bits per heavy atom. The summed E-state index contributed by atoms with van der Waals surface area (Å²) in [5.74, 6) is -1.83. The highest BCUT2D eigenvalue weighted by molar-refractivity contribution is 5.95. The summed E-state index contributed by atoms with van der Waals surface area (Å²) >= 11 is 0. The van der Waals surface area contributed by atoms with E-state index in [9.17, 15) is 38.1 Å². The molecule has 0 bridgehead atoms. The van der Waals surface area contributed by atoms with Gasteiger partial charge in [-0.25, -0.2) is 4.79 Å². The van der Waals surface area contributed by atoms with E-state index >= 15 is 0 Å². The molecular weight excluding hydrogens is 539 g/mol. The maximum Gasteiger partial charge on any atom is 0.416 e. The molecule has 0 aliphatic rings. The summed E-state index contributed by atoms with van der Waals surface area (Å²) < 4.78 is 39.9. The molecule has 0 aliphatic heterocycles. The number of carboxylic acids is 1. The Bertz CT molecular complexity index is 1880. The number of rotatable bonds is 6. The van der Waals surface area contributed by atoms with E-state index in [1.807, 2.05) is 0 Å². The molecule has 1 aromatic heterocycles. The quantitative estimate of drug-likeness (QED) is 0.189. The van der Waals surface area contributed by atoms with E-state index in [1.54, 1.807) is 42.5 Å². The lowest BCUT2D eigenvalue weighted by molar-refractivity contribution is -0.137. The summed E-state index contributed by atoms with van der Waals surface area (Å²) in [4.78, 5) is 24.8. The van der Waals surface area contributed by atoms with Crippen molar-refractivity contribution in [3.05, 3.63) is 118 Å². The number of alkyl halides is 3. The van der Waals surface area contributed by atoms with Crippen molar-refractivity contribution in [1.29, 1.82) is 0 Å².